The van der Waals surface area contributed by atoms with E-state index >= 15 is 0 Å². The van der Waals surface area contributed by atoms with Crippen LogP contribution in [0.1, 0.15) is 20.3 Å². The van der Waals surface area contributed by atoms with Gasteiger partial charge >= 0.3 is 11.9 Å². The predicted octanol–water partition coefficient (Wildman–Crippen LogP) is 1.62. The molecular weight excluding hydrogens is 220 g/mol. The Labute approximate surface area is 100 Å². The maximum Gasteiger partial charge on any atom is 0.334 e. The molecule has 0 aromatic heterocycles. The molecule has 2 aliphatic rings. The van der Waals surface area contributed by atoms with Crippen LogP contribution >= 0.6 is 0 Å². The third kappa shape index (κ3) is 2.12. The molecule has 0 radical (unpaired) electrons. The summed E-state index contributed by atoms with van der Waals surface area (Å²) >= 11 is 0. The molecule has 0 unspecified atom stereocenters. The van der Waals surface area contributed by atoms with Gasteiger partial charge in [-0.25, -0.2) is 9.59 Å². The van der Waals surface area contributed by atoms with E-state index in [1.54, 1.807) is 13.8 Å². The van der Waals surface area contributed by atoms with Crippen LogP contribution in [0.25, 0.3) is 0 Å². The molecule has 0 fully saturated rings. The summed E-state index contributed by atoms with van der Waals surface area (Å²) in [6.07, 6.45) is 4.48. The van der Waals surface area contributed by atoms with Crippen molar-refractivity contribution in [3.8, 4) is 0 Å². The second-order valence-electron chi connectivity index (χ2n) is 4.13. The fraction of sp³-hybridized carbons (Fsp3) is 0.538. The largest absolute Gasteiger partial charge is 0.463 e. The van der Waals surface area contributed by atoms with Gasteiger partial charge in [-0.3, -0.25) is 0 Å². The molecule has 0 aromatic rings. The fourth-order valence-electron chi connectivity index (χ4n) is 2.39. The maximum absolute atomic E-state index is 11.6. The van der Waals surface area contributed by atoms with Crippen molar-refractivity contribution in [2.75, 3.05) is 13.2 Å². The lowest BCUT2D eigenvalue weighted by Crippen LogP contribution is -2.15. The molecule has 4 nitrogen and oxygen atoms in total. The van der Waals surface area contributed by atoms with Crippen molar-refractivity contribution in [1.82, 2.24) is 0 Å². The number of allylic oxidation sites excluding steroid dienone is 2. The first kappa shape index (κ1) is 11.9. The van der Waals surface area contributed by atoms with E-state index in [-0.39, 0.29) is 23.8 Å². The molecule has 0 saturated heterocycles. The van der Waals surface area contributed by atoms with Gasteiger partial charge in [0.05, 0.1) is 13.2 Å². The SMILES string of the molecule is CCOC(=O)C1=C[C@@H]2C[C@H]1C=C2C(=O)OCC. The van der Waals surface area contributed by atoms with Crippen molar-refractivity contribution in [1.29, 1.82) is 0 Å². The lowest BCUT2D eigenvalue weighted by Gasteiger charge is -2.11. The molecule has 2 rings (SSSR count). The van der Waals surface area contributed by atoms with E-state index in [1.165, 1.54) is 0 Å². The van der Waals surface area contributed by atoms with Crippen molar-refractivity contribution in [2.24, 2.45) is 11.8 Å². The second kappa shape index (κ2) is 4.73. The van der Waals surface area contributed by atoms with Crippen LogP contribution in [-0.4, -0.2) is 25.2 Å². The predicted molar refractivity (Wildman–Crippen MR) is 61.0 cm³/mol. The first-order chi connectivity index (χ1) is 8.17. The number of hydrogen-bond acceptors (Lipinski definition) is 4. The number of carbonyl (C=O) groups excluding carboxylic acids is 2. The summed E-state index contributed by atoms with van der Waals surface area (Å²) in [5, 5.41) is 0. The van der Waals surface area contributed by atoms with E-state index in [4.69, 9.17) is 9.47 Å². The van der Waals surface area contributed by atoms with Crippen LogP contribution < -0.4 is 0 Å². The molecule has 2 aliphatic carbocycles. The number of carbonyl (C=O) groups is 2. The fourth-order valence-corrected chi connectivity index (χ4v) is 2.39. The molecule has 0 aromatic carbocycles. The van der Waals surface area contributed by atoms with Crippen molar-refractivity contribution >= 4 is 11.9 Å². The average molecular weight is 236 g/mol. The maximum atomic E-state index is 11.6. The van der Waals surface area contributed by atoms with Gasteiger partial charge in [0.1, 0.15) is 0 Å². The average Bonchev–Trinajstić information content (AvgIpc) is 2.88. The molecule has 0 N–H and O–H groups in total. The Bertz CT molecular complexity index is 368. The summed E-state index contributed by atoms with van der Waals surface area (Å²) in [6, 6.07) is 0. The molecule has 0 amide bonds. The van der Waals surface area contributed by atoms with Crippen molar-refractivity contribution in [3.05, 3.63) is 23.3 Å². The summed E-state index contributed by atoms with van der Waals surface area (Å²) in [5.74, 6) is -0.477. The lowest BCUT2D eigenvalue weighted by atomic mass is 9.99. The molecule has 2 bridgehead atoms. The molecule has 0 spiro atoms. The Balaban J connectivity index is 2.05. The van der Waals surface area contributed by atoms with Crippen molar-refractivity contribution < 1.29 is 19.1 Å². The molecule has 0 saturated carbocycles. The standard InChI is InChI=1S/C13H16O4/c1-3-16-12(14)10-6-9-5-8(10)7-11(9)13(15)17-4-2/h6-9H,3-5H2,1-2H3/t8-,9-/m0/s1. The minimum atomic E-state index is -0.265. The molecule has 0 aliphatic heterocycles. The Morgan fingerprint density at radius 2 is 1.47 bits per heavy atom. The van der Waals surface area contributed by atoms with Gasteiger partial charge in [-0.15, -0.1) is 0 Å². The van der Waals surface area contributed by atoms with Crippen LogP contribution in [0.5, 0.6) is 0 Å². The highest BCUT2D eigenvalue weighted by atomic mass is 16.5. The van der Waals surface area contributed by atoms with Crippen LogP contribution in [0.2, 0.25) is 0 Å². The van der Waals surface area contributed by atoms with Gasteiger partial charge in [0.25, 0.3) is 0 Å². The van der Waals surface area contributed by atoms with Crippen LogP contribution in [0.15, 0.2) is 23.3 Å². The Kier molecular flexibility index (Phi) is 3.31. The van der Waals surface area contributed by atoms with Gasteiger partial charge in [0, 0.05) is 23.0 Å². The van der Waals surface area contributed by atoms with Crippen molar-refractivity contribution in [2.45, 2.75) is 20.3 Å². The van der Waals surface area contributed by atoms with Gasteiger partial charge in [-0.05, 0) is 20.3 Å². The third-order valence-electron chi connectivity index (χ3n) is 3.09. The van der Waals surface area contributed by atoms with Crippen LogP contribution in [0.3, 0.4) is 0 Å². The van der Waals surface area contributed by atoms with E-state index in [0.717, 1.165) is 6.42 Å². The van der Waals surface area contributed by atoms with Crippen molar-refractivity contribution in [3.63, 3.8) is 0 Å². The quantitative estimate of drug-likeness (QED) is 0.696. The third-order valence-corrected chi connectivity index (χ3v) is 3.09. The monoisotopic (exact) mass is 236 g/mol. The van der Waals surface area contributed by atoms with E-state index < -0.39 is 0 Å². The number of ether oxygens (including phenoxy) is 2. The zero-order chi connectivity index (χ0) is 12.4. The zero-order valence-corrected chi connectivity index (χ0v) is 10.1. The summed E-state index contributed by atoms with van der Waals surface area (Å²) in [6.45, 7) is 4.32. The van der Waals surface area contributed by atoms with E-state index in [2.05, 4.69) is 0 Å². The summed E-state index contributed by atoms with van der Waals surface area (Å²) < 4.78 is 9.94. The van der Waals surface area contributed by atoms with Gasteiger partial charge in [0.2, 0.25) is 0 Å². The first-order valence-electron chi connectivity index (χ1n) is 5.95. The molecule has 4 heteroatoms. The van der Waals surface area contributed by atoms with Gasteiger partial charge in [-0.1, -0.05) is 12.2 Å². The normalized spacial score (nSPS) is 25.3. The lowest BCUT2D eigenvalue weighted by molar-refractivity contribution is -0.140. The van der Waals surface area contributed by atoms with Crippen LogP contribution in [0, 0.1) is 11.8 Å². The molecule has 2 atom stereocenters. The molecular formula is C13H16O4. The highest BCUT2D eigenvalue weighted by Gasteiger charge is 2.40. The van der Waals surface area contributed by atoms with Gasteiger partial charge < -0.3 is 9.47 Å². The minimum absolute atomic E-state index is 0.0263. The number of esters is 2. The number of fused-ring (bicyclic) bond motifs is 2. The van der Waals surface area contributed by atoms with Gasteiger partial charge in [0.15, 0.2) is 0 Å². The highest BCUT2D eigenvalue weighted by molar-refractivity contribution is 5.96. The Morgan fingerprint density at radius 3 is 1.76 bits per heavy atom. The van der Waals surface area contributed by atoms with Gasteiger partial charge in [-0.2, -0.15) is 0 Å². The number of hydrogen-bond donors (Lipinski definition) is 0. The summed E-state index contributed by atoms with van der Waals surface area (Å²) in [5.41, 5.74) is 1.37. The van der Waals surface area contributed by atoms with E-state index in [9.17, 15) is 9.59 Å². The molecule has 0 heterocycles. The highest BCUT2D eigenvalue weighted by Crippen LogP contribution is 2.43. The first-order valence-corrected chi connectivity index (χ1v) is 5.95. The topological polar surface area (TPSA) is 52.6 Å². The Morgan fingerprint density at radius 1 is 1.06 bits per heavy atom. The zero-order valence-electron chi connectivity index (χ0n) is 10.1. The number of rotatable bonds is 4. The Hall–Kier alpha value is -1.58. The molecule has 17 heavy (non-hydrogen) atoms. The summed E-state index contributed by atoms with van der Waals surface area (Å²) in [4.78, 5) is 23.2. The molecule has 92 valence electrons. The smallest absolute Gasteiger partial charge is 0.334 e. The second-order valence-corrected chi connectivity index (χ2v) is 4.13. The van der Waals surface area contributed by atoms with E-state index in [1.807, 2.05) is 12.2 Å². The van der Waals surface area contributed by atoms with E-state index in [0.29, 0.717) is 24.4 Å². The van der Waals surface area contributed by atoms with Crippen LogP contribution in [-0.2, 0) is 19.1 Å². The minimum Gasteiger partial charge on any atom is -0.463 e. The summed E-state index contributed by atoms with van der Waals surface area (Å²) in [7, 11) is 0. The van der Waals surface area contributed by atoms with Crippen LogP contribution in [0.4, 0.5) is 0 Å².